The van der Waals surface area contributed by atoms with Crippen LogP contribution in [-0.2, 0) is 16.0 Å². The normalized spacial score (nSPS) is 12.9. The van der Waals surface area contributed by atoms with E-state index in [2.05, 4.69) is 20.3 Å². The third-order valence-electron chi connectivity index (χ3n) is 6.50. The highest BCUT2D eigenvalue weighted by Gasteiger charge is 2.45. The van der Waals surface area contributed by atoms with Crippen molar-refractivity contribution in [3.05, 3.63) is 83.9 Å². The van der Waals surface area contributed by atoms with Gasteiger partial charge in [-0.1, -0.05) is 36.4 Å². The summed E-state index contributed by atoms with van der Waals surface area (Å²) in [7, 11) is 1.42. The molecule has 0 aliphatic heterocycles. The highest BCUT2D eigenvalue weighted by atomic mass is 19.4. The van der Waals surface area contributed by atoms with Crippen molar-refractivity contribution < 1.29 is 46.5 Å². The number of ether oxygens (including phenoxy) is 3. The third kappa shape index (κ3) is 9.28. The molecule has 248 valence electrons. The number of aliphatic carboxylic acids is 1. The molecule has 0 aliphatic carbocycles. The highest BCUT2D eigenvalue weighted by molar-refractivity contribution is 5.80. The van der Waals surface area contributed by atoms with Gasteiger partial charge in [-0.2, -0.15) is 18.2 Å². The Morgan fingerprint density at radius 3 is 2.23 bits per heavy atom. The number of amides is 1. The minimum absolute atomic E-state index is 0.0861. The monoisotopic (exact) mass is 657 g/mol. The van der Waals surface area contributed by atoms with Crippen LogP contribution in [0.25, 0.3) is 22.4 Å². The number of methoxy groups -OCH3 is 1. The number of carboxylic acid groups (broad SMARTS) is 1. The van der Waals surface area contributed by atoms with Gasteiger partial charge in [0.25, 0.3) is 0 Å². The number of benzene rings is 2. The largest absolute Gasteiger partial charge is 0.495 e. The number of halogens is 4. The number of hydrogen-bond donors (Lipinski definition) is 3. The van der Waals surface area contributed by atoms with E-state index < -0.39 is 59.2 Å². The Kier molecular flexibility index (Phi) is 10.2. The number of nitrogens with zero attached hydrogens (tertiary/aromatic N) is 3. The van der Waals surface area contributed by atoms with E-state index in [1.165, 1.54) is 37.7 Å². The Bertz CT molecular complexity index is 1750. The molecule has 0 aliphatic rings. The molecule has 47 heavy (non-hydrogen) atoms. The molecule has 2 heterocycles. The number of carbonyl (C=O) groups excluding carboxylic acids is 1. The molecule has 0 radical (unpaired) electrons. The van der Waals surface area contributed by atoms with E-state index in [4.69, 9.17) is 19.9 Å². The molecule has 1 amide bonds. The van der Waals surface area contributed by atoms with E-state index in [0.29, 0.717) is 22.4 Å². The fourth-order valence-electron chi connectivity index (χ4n) is 4.38. The van der Waals surface area contributed by atoms with Crippen LogP contribution in [-0.4, -0.2) is 57.0 Å². The van der Waals surface area contributed by atoms with Crippen LogP contribution in [0.1, 0.15) is 38.0 Å². The Hall–Kier alpha value is -5.47. The van der Waals surface area contributed by atoms with Crippen LogP contribution >= 0.6 is 0 Å². The molecule has 2 aromatic carbocycles. The summed E-state index contributed by atoms with van der Waals surface area (Å²) in [5.74, 6) is -3.04. The lowest BCUT2D eigenvalue weighted by Gasteiger charge is -2.22. The molecule has 11 nitrogen and oxygen atoms in total. The van der Waals surface area contributed by atoms with Crippen molar-refractivity contribution in [1.29, 1.82) is 0 Å². The summed E-state index contributed by atoms with van der Waals surface area (Å²) in [6, 6.07) is 10.7. The smallest absolute Gasteiger partial charge is 0.429 e. The number of pyridine rings is 1. The highest BCUT2D eigenvalue weighted by Crippen LogP contribution is 2.39. The number of carboxylic acids is 1. The number of rotatable bonds is 10. The van der Waals surface area contributed by atoms with Gasteiger partial charge < -0.3 is 30.4 Å². The van der Waals surface area contributed by atoms with Crippen molar-refractivity contribution in [3.63, 3.8) is 0 Å². The maximum atomic E-state index is 15.2. The topological polar surface area (TPSA) is 159 Å². The lowest BCUT2D eigenvalue weighted by Crippen LogP contribution is -2.44. The minimum Gasteiger partial charge on any atom is -0.495 e. The molecular formula is C32H31F4N5O6. The van der Waals surface area contributed by atoms with Crippen LogP contribution in [0.4, 0.5) is 28.3 Å². The summed E-state index contributed by atoms with van der Waals surface area (Å²) < 4.78 is 73.3. The summed E-state index contributed by atoms with van der Waals surface area (Å²) in [4.78, 5) is 35.6. The van der Waals surface area contributed by atoms with E-state index >= 15 is 4.39 Å². The van der Waals surface area contributed by atoms with Gasteiger partial charge in [0.15, 0.2) is 0 Å². The quantitative estimate of drug-likeness (QED) is 0.169. The number of aromatic nitrogens is 3. The van der Waals surface area contributed by atoms with Crippen molar-refractivity contribution >= 4 is 18.0 Å². The van der Waals surface area contributed by atoms with E-state index in [-0.39, 0.29) is 17.7 Å². The Labute approximate surface area is 266 Å². The zero-order chi connectivity index (χ0) is 34.5. The van der Waals surface area contributed by atoms with Crippen molar-refractivity contribution in [3.8, 4) is 34.0 Å². The summed E-state index contributed by atoms with van der Waals surface area (Å²) in [6.45, 7) is 4.91. The number of nitrogens with two attached hydrogens (primary N) is 1. The van der Waals surface area contributed by atoms with Crippen LogP contribution in [0, 0.1) is 5.82 Å². The standard InChI is InChI=1S/C32H31F4N5O6/c1-31(2,3)47-30(44)40-25(28(42)43)11-17-5-7-18(8-6-17)24-14-26(41-29(37)39-24)46-27(32(34,35)36)22-10-9-19(13-23(22)33)20-12-21(45-4)16-38-15-20/h5-10,12-16,25,27H,11H2,1-4H3,(H,40,44)(H,42,43)(H2,37,39,41)/t25-,27?/m0/s1. The molecule has 1 unspecified atom stereocenters. The van der Waals surface area contributed by atoms with Crippen molar-refractivity contribution in [1.82, 2.24) is 20.3 Å². The second-order valence-corrected chi connectivity index (χ2v) is 11.3. The zero-order valence-corrected chi connectivity index (χ0v) is 25.6. The molecule has 4 rings (SSSR count). The minimum atomic E-state index is -5.05. The maximum absolute atomic E-state index is 15.2. The molecule has 0 saturated heterocycles. The van der Waals surface area contributed by atoms with Gasteiger partial charge in [0.05, 0.1) is 19.0 Å². The number of nitrogen functional groups attached to an aromatic ring is 1. The van der Waals surface area contributed by atoms with Crippen molar-refractivity contribution in [2.45, 2.75) is 51.1 Å². The average molecular weight is 658 g/mol. The molecular weight excluding hydrogens is 626 g/mol. The van der Waals surface area contributed by atoms with Gasteiger partial charge in [-0.3, -0.25) is 4.98 Å². The molecule has 2 atom stereocenters. The number of hydrogen-bond acceptors (Lipinski definition) is 9. The van der Waals surface area contributed by atoms with E-state index in [0.717, 1.165) is 18.2 Å². The number of alkyl halides is 3. The molecule has 0 bridgehead atoms. The lowest BCUT2D eigenvalue weighted by atomic mass is 10.0. The third-order valence-corrected chi connectivity index (χ3v) is 6.50. The van der Waals surface area contributed by atoms with E-state index in [1.807, 2.05) is 0 Å². The SMILES string of the molecule is COc1cncc(-c2ccc(C(Oc3cc(-c4ccc(C[C@H](NC(=O)OC(C)(C)C)C(=O)O)cc4)nc(N)n3)C(F)(F)F)c(F)c2)c1. The first-order valence-corrected chi connectivity index (χ1v) is 14.0. The average Bonchev–Trinajstić information content (AvgIpc) is 2.98. The molecule has 4 N–H and O–H groups in total. The predicted octanol–water partition coefficient (Wildman–Crippen LogP) is 6.14. The van der Waals surface area contributed by atoms with Crippen molar-refractivity contribution in [2.24, 2.45) is 0 Å². The first-order valence-electron chi connectivity index (χ1n) is 14.0. The van der Waals surface area contributed by atoms with Crippen LogP contribution in [0.15, 0.2) is 67.0 Å². The van der Waals surface area contributed by atoms with Gasteiger partial charge in [0.2, 0.25) is 17.9 Å². The summed E-state index contributed by atoms with van der Waals surface area (Å²) in [5.41, 5.74) is 5.85. The number of nitrogens with one attached hydrogen (secondary N) is 1. The predicted molar refractivity (Wildman–Crippen MR) is 162 cm³/mol. The maximum Gasteiger partial charge on any atom is 0.429 e. The van der Waals surface area contributed by atoms with Gasteiger partial charge in [-0.15, -0.1) is 0 Å². The first kappa shape index (κ1) is 34.4. The zero-order valence-electron chi connectivity index (χ0n) is 25.6. The van der Waals surface area contributed by atoms with E-state index in [9.17, 15) is 27.9 Å². The second kappa shape index (κ2) is 13.9. The molecule has 15 heteroatoms. The fraction of sp³-hybridized carbons (Fsp3) is 0.281. The fourth-order valence-corrected chi connectivity index (χ4v) is 4.38. The first-order chi connectivity index (χ1) is 22.0. The number of alkyl carbamates (subject to hydrolysis) is 1. The van der Waals surface area contributed by atoms with Crippen molar-refractivity contribution in [2.75, 3.05) is 12.8 Å². The van der Waals surface area contributed by atoms with Crippen LogP contribution < -0.4 is 20.5 Å². The van der Waals surface area contributed by atoms with E-state index in [1.54, 1.807) is 39.0 Å². The molecule has 2 aromatic heterocycles. The molecule has 0 spiro atoms. The lowest BCUT2D eigenvalue weighted by molar-refractivity contribution is -0.199. The Balaban J connectivity index is 1.55. The number of anilines is 1. The van der Waals surface area contributed by atoms with Gasteiger partial charge >= 0.3 is 18.2 Å². The van der Waals surface area contributed by atoms with Gasteiger partial charge in [-0.05, 0) is 44.0 Å². The van der Waals surface area contributed by atoms with Crippen LogP contribution in [0.3, 0.4) is 0 Å². The molecule has 4 aromatic rings. The summed E-state index contributed by atoms with van der Waals surface area (Å²) in [6.07, 6.45) is -5.93. The van der Waals surface area contributed by atoms with Crippen LogP contribution in [0.2, 0.25) is 0 Å². The van der Waals surface area contributed by atoms with Gasteiger partial charge in [-0.25, -0.2) is 19.0 Å². The molecule has 0 fully saturated rings. The summed E-state index contributed by atoms with van der Waals surface area (Å²) >= 11 is 0. The van der Waals surface area contributed by atoms with Crippen LogP contribution in [0.5, 0.6) is 11.6 Å². The Morgan fingerprint density at radius 2 is 1.64 bits per heavy atom. The number of carbonyl (C=O) groups is 2. The van der Waals surface area contributed by atoms with Gasteiger partial charge in [0.1, 0.15) is 23.2 Å². The summed E-state index contributed by atoms with van der Waals surface area (Å²) in [5, 5.41) is 11.9. The Morgan fingerprint density at radius 1 is 0.957 bits per heavy atom. The van der Waals surface area contributed by atoms with Gasteiger partial charge in [0, 0.05) is 35.4 Å². The second-order valence-electron chi connectivity index (χ2n) is 11.3. The molecule has 0 saturated carbocycles.